The molecule has 0 spiro atoms. The summed E-state index contributed by atoms with van der Waals surface area (Å²) >= 11 is 0. The first-order valence-corrected chi connectivity index (χ1v) is 7.73. The van der Waals surface area contributed by atoms with Crippen molar-refractivity contribution in [1.29, 1.82) is 0 Å². The summed E-state index contributed by atoms with van der Waals surface area (Å²) in [4.78, 5) is 4.30. The Labute approximate surface area is 162 Å². The third-order valence-corrected chi connectivity index (χ3v) is 2.97. The third kappa shape index (κ3) is 10.4. The van der Waals surface area contributed by atoms with Crippen molar-refractivity contribution in [2.24, 2.45) is 4.99 Å². The molecule has 0 aliphatic heterocycles. The van der Waals surface area contributed by atoms with Gasteiger partial charge in [0.25, 0.3) is 0 Å². The number of nitrogens with zero attached hydrogens (tertiary/aromatic N) is 1. The monoisotopic (exact) mass is 477 g/mol. The summed E-state index contributed by atoms with van der Waals surface area (Å²) in [5, 5.41) is 5.95. The third-order valence-electron chi connectivity index (χ3n) is 2.97. The van der Waals surface area contributed by atoms with E-state index >= 15 is 0 Å². The van der Waals surface area contributed by atoms with Gasteiger partial charge >= 0.3 is 6.18 Å². The van der Waals surface area contributed by atoms with E-state index in [4.69, 9.17) is 4.74 Å². The maximum atomic E-state index is 12.4. The van der Waals surface area contributed by atoms with Crippen molar-refractivity contribution in [2.75, 3.05) is 26.4 Å². The molecular weight excluding hydrogens is 453 g/mol. The van der Waals surface area contributed by atoms with Crippen molar-refractivity contribution in [3.05, 3.63) is 29.3 Å². The summed E-state index contributed by atoms with van der Waals surface area (Å²) in [7, 11) is 0. The highest BCUT2D eigenvalue weighted by Crippen LogP contribution is 2.24. The lowest BCUT2D eigenvalue weighted by molar-refractivity contribution is -0.153. The minimum atomic E-state index is -4.40. The van der Waals surface area contributed by atoms with E-state index in [0.29, 0.717) is 31.0 Å². The molecule has 9 heteroatoms. The summed E-state index contributed by atoms with van der Waals surface area (Å²) in [6, 6.07) is 5.03. The zero-order chi connectivity index (χ0) is 18.0. The van der Waals surface area contributed by atoms with Crippen molar-refractivity contribution in [3.63, 3.8) is 0 Å². The number of hydrogen-bond acceptors (Lipinski definition) is 2. The first-order chi connectivity index (χ1) is 11.4. The molecule has 0 bridgehead atoms. The van der Waals surface area contributed by atoms with Crippen molar-refractivity contribution >= 4 is 29.9 Å². The quantitative estimate of drug-likeness (QED) is 0.196. The summed E-state index contributed by atoms with van der Waals surface area (Å²) < 4.78 is 54.1. The maximum Gasteiger partial charge on any atom is 0.422 e. The van der Waals surface area contributed by atoms with Gasteiger partial charge < -0.3 is 15.4 Å². The van der Waals surface area contributed by atoms with Gasteiger partial charge in [0.05, 0.1) is 13.2 Å². The van der Waals surface area contributed by atoms with Gasteiger partial charge in [0.2, 0.25) is 0 Å². The summed E-state index contributed by atoms with van der Waals surface area (Å²) in [5.41, 5.74) is 1.35. The highest BCUT2D eigenvalue weighted by Gasteiger charge is 2.28. The summed E-state index contributed by atoms with van der Waals surface area (Å²) in [5.74, 6) is 0.643. The van der Waals surface area contributed by atoms with Crippen molar-refractivity contribution in [3.8, 4) is 5.75 Å². The molecule has 0 saturated heterocycles. The van der Waals surface area contributed by atoms with E-state index in [1.165, 1.54) is 0 Å². The van der Waals surface area contributed by atoms with Gasteiger partial charge in [-0.05, 0) is 31.9 Å². The molecule has 0 radical (unpaired) electrons. The number of benzene rings is 1. The predicted octanol–water partition coefficient (Wildman–Crippen LogP) is 3.97. The molecule has 4 nitrogen and oxygen atoms in total. The number of aliphatic imine (C=N–C) groups is 1. The lowest BCUT2D eigenvalue weighted by Crippen LogP contribution is -2.37. The standard InChI is InChI=1S/C16H23F4N3O.HI/c1-3-21-15(22-8-4-7-17)23-10-13-6-5-12(2)9-14(13)24-11-16(18,19)20;/h5-6,9H,3-4,7-8,10-11H2,1-2H3,(H2,21,22,23);1H. The smallest absolute Gasteiger partial charge is 0.422 e. The van der Waals surface area contributed by atoms with Crippen LogP contribution in [0.5, 0.6) is 5.75 Å². The molecule has 1 aromatic carbocycles. The fourth-order valence-electron chi connectivity index (χ4n) is 1.87. The van der Waals surface area contributed by atoms with E-state index in [2.05, 4.69) is 15.6 Å². The highest BCUT2D eigenvalue weighted by molar-refractivity contribution is 14.0. The van der Waals surface area contributed by atoms with Gasteiger partial charge in [-0.15, -0.1) is 24.0 Å². The molecular formula is C16H24F4IN3O. The van der Waals surface area contributed by atoms with E-state index in [1.807, 2.05) is 6.92 Å². The molecule has 0 saturated carbocycles. The van der Waals surface area contributed by atoms with Gasteiger partial charge in [-0.25, -0.2) is 4.99 Å². The van der Waals surface area contributed by atoms with Crippen LogP contribution < -0.4 is 15.4 Å². The second kappa shape index (κ2) is 12.2. The Morgan fingerprint density at radius 2 is 1.96 bits per heavy atom. The number of nitrogens with one attached hydrogen (secondary N) is 2. The second-order valence-corrected chi connectivity index (χ2v) is 5.18. The van der Waals surface area contributed by atoms with Crippen molar-refractivity contribution in [2.45, 2.75) is 33.0 Å². The topological polar surface area (TPSA) is 45.7 Å². The molecule has 0 aliphatic rings. The van der Waals surface area contributed by atoms with Crippen LogP contribution in [-0.4, -0.2) is 38.5 Å². The minimum absolute atomic E-state index is 0. The Balaban J connectivity index is 0.00000576. The molecule has 25 heavy (non-hydrogen) atoms. The van der Waals surface area contributed by atoms with Crippen LogP contribution in [0.3, 0.4) is 0 Å². The molecule has 2 N–H and O–H groups in total. The molecule has 1 aromatic rings. The number of rotatable bonds is 8. The van der Waals surface area contributed by atoms with Crippen LogP contribution in [0.25, 0.3) is 0 Å². The Hall–Kier alpha value is -1.26. The Morgan fingerprint density at radius 1 is 1.24 bits per heavy atom. The number of ether oxygens (including phenoxy) is 1. The largest absolute Gasteiger partial charge is 0.484 e. The van der Waals surface area contributed by atoms with Crippen molar-refractivity contribution in [1.82, 2.24) is 10.6 Å². The Morgan fingerprint density at radius 3 is 2.56 bits per heavy atom. The lowest BCUT2D eigenvalue weighted by atomic mass is 10.1. The molecule has 0 unspecified atom stereocenters. The number of halogens is 5. The molecule has 0 heterocycles. The van der Waals surface area contributed by atoms with Crippen LogP contribution in [-0.2, 0) is 6.54 Å². The molecule has 0 aliphatic carbocycles. The van der Waals surface area contributed by atoms with Gasteiger partial charge in [0.1, 0.15) is 5.75 Å². The highest BCUT2D eigenvalue weighted by atomic mass is 127. The van der Waals surface area contributed by atoms with Gasteiger partial charge in [-0.3, -0.25) is 4.39 Å². The number of guanidine groups is 1. The normalized spacial score (nSPS) is 11.7. The van der Waals surface area contributed by atoms with E-state index < -0.39 is 19.5 Å². The summed E-state index contributed by atoms with van der Waals surface area (Å²) in [6.07, 6.45) is -4.04. The summed E-state index contributed by atoms with van der Waals surface area (Å²) in [6.45, 7) is 3.08. The first-order valence-electron chi connectivity index (χ1n) is 7.73. The maximum absolute atomic E-state index is 12.4. The van der Waals surface area contributed by atoms with Crippen molar-refractivity contribution < 1.29 is 22.3 Å². The van der Waals surface area contributed by atoms with E-state index in [1.54, 1.807) is 25.1 Å². The average Bonchev–Trinajstić information content (AvgIpc) is 2.51. The molecule has 0 aromatic heterocycles. The van der Waals surface area contributed by atoms with Crippen LogP contribution in [0.1, 0.15) is 24.5 Å². The minimum Gasteiger partial charge on any atom is -0.484 e. The van der Waals surface area contributed by atoms with E-state index in [-0.39, 0.29) is 36.3 Å². The fraction of sp³-hybridized carbons (Fsp3) is 0.562. The molecule has 0 atom stereocenters. The van der Waals surface area contributed by atoms with Gasteiger partial charge in [-0.1, -0.05) is 12.1 Å². The average molecular weight is 477 g/mol. The van der Waals surface area contributed by atoms with E-state index in [9.17, 15) is 17.6 Å². The molecule has 0 amide bonds. The van der Waals surface area contributed by atoms with Crippen LogP contribution in [0.15, 0.2) is 23.2 Å². The Bertz CT molecular complexity index is 539. The Kier molecular flexibility index (Phi) is 11.5. The molecule has 0 fully saturated rings. The lowest BCUT2D eigenvalue weighted by Gasteiger charge is -2.14. The van der Waals surface area contributed by atoms with Crippen LogP contribution in [0.2, 0.25) is 0 Å². The number of aryl methyl sites for hydroxylation is 1. The van der Waals surface area contributed by atoms with Gasteiger partial charge in [0, 0.05) is 18.7 Å². The van der Waals surface area contributed by atoms with E-state index in [0.717, 1.165) is 5.56 Å². The van der Waals surface area contributed by atoms with Crippen LogP contribution in [0.4, 0.5) is 17.6 Å². The number of hydrogen-bond donors (Lipinski definition) is 2. The predicted molar refractivity (Wildman–Crippen MR) is 102 cm³/mol. The fourth-order valence-corrected chi connectivity index (χ4v) is 1.87. The SMILES string of the molecule is CCNC(=NCc1ccc(C)cc1OCC(F)(F)F)NCCCF.I. The zero-order valence-corrected chi connectivity index (χ0v) is 16.6. The second-order valence-electron chi connectivity index (χ2n) is 5.18. The zero-order valence-electron chi connectivity index (χ0n) is 14.3. The van der Waals surface area contributed by atoms with Gasteiger partial charge in [-0.2, -0.15) is 13.2 Å². The molecule has 144 valence electrons. The first kappa shape index (κ1) is 23.7. The van der Waals surface area contributed by atoms with Crippen LogP contribution >= 0.6 is 24.0 Å². The van der Waals surface area contributed by atoms with Gasteiger partial charge in [0.15, 0.2) is 12.6 Å². The number of alkyl halides is 4. The molecule has 1 rings (SSSR count). The van der Waals surface area contributed by atoms with Crippen LogP contribution in [0, 0.1) is 6.92 Å².